The van der Waals surface area contributed by atoms with E-state index in [4.69, 9.17) is 0 Å². The standard InChI is InChI=1S/C62H54F4S10/c1-27(2)15-44-37(63)23-51(70-44)55-33-19-32(10)68-59(33)56(52-24-38(64)45(71-52)16-28(3)4)34-21-49(75-60(34)55)42-13-14-43(69-42)50-22-36-58(54-26-40(66)47(73-54)18-30(7)8)61-35(20-48(74-61)41-12-11-31(9)67-41)57(62(36)76-50)53-25-39(65)46(72-53)17-29(5)6/h11-14,19-30H,15-18H2,1-10H3. The molecule has 0 radical (unpaired) electrons. The van der Waals surface area contributed by atoms with E-state index < -0.39 is 0 Å². The Hall–Kier alpha value is -3.80. The van der Waals surface area contributed by atoms with Crippen molar-refractivity contribution in [3.63, 3.8) is 0 Å². The molecule has 0 nitrogen and oxygen atoms in total. The number of halogens is 4. The number of thiophene rings is 10. The number of hydrogen-bond acceptors (Lipinski definition) is 10. The molecule has 0 aliphatic heterocycles. The van der Waals surface area contributed by atoms with Crippen molar-refractivity contribution in [2.24, 2.45) is 23.7 Å². The van der Waals surface area contributed by atoms with E-state index in [1.807, 2.05) is 0 Å². The molecule has 10 aromatic heterocycles. The van der Waals surface area contributed by atoms with Gasteiger partial charge in [0.15, 0.2) is 0 Å². The van der Waals surface area contributed by atoms with Crippen molar-refractivity contribution in [1.29, 1.82) is 0 Å². The zero-order chi connectivity index (χ0) is 53.2. The van der Waals surface area contributed by atoms with Gasteiger partial charge in [-0.2, -0.15) is 0 Å². The van der Waals surface area contributed by atoms with Gasteiger partial charge in [-0.3, -0.25) is 0 Å². The zero-order valence-corrected chi connectivity index (χ0v) is 51.8. The van der Waals surface area contributed by atoms with E-state index in [-0.39, 0.29) is 23.3 Å². The average molecular weight is 1200 g/mol. The van der Waals surface area contributed by atoms with Crippen LogP contribution in [0.2, 0.25) is 0 Å². The molecule has 390 valence electrons. The molecule has 0 saturated heterocycles. The molecule has 0 aliphatic rings. The van der Waals surface area contributed by atoms with Gasteiger partial charge in [0.05, 0.1) is 0 Å². The molecule has 0 spiro atoms. The van der Waals surface area contributed by atoms with Crippen LogP contribution in [0, 0.1) is 60.8 Å². The Kier molecular flexibility index (Phi) is 14.4. The van der Waals surface area contributed by atoms with Crippen molar-refractivity contribution < 1.29 is 17.6 Å². The molecular formula is C62H54F4S10. The second kappa shape index (κ2) is 20.7. The highest BCUT2D eigenvalue weighted by atomic mass is 32.1. The summed E-state index contributed by atoms with van der Waals surface area (Å²) in [7, 11) is 0. The van der Waals surface area contributed by atoms with Crippen LogP contribution in [0.1, 0.15) is 84.7 Å². The van der Waals surface area contributed by atoms with Gasteiger partial charge in [-0.25, -0.2) is 17.6 Å². The average Bonchev–Trinajstić information content (AvgIpc) is 4.21. The minimum Gasteiger partial charge on any atom is -0.206 e. The van der Waals surface area contributed by atoms with Gasteiger partial charge in [-0.05, 0) is 136 Å². The lowest BCUT2D eigenvalue weighted by atomic mass is 9.99. The monoisotopic (exact) mass is 1190 g/mol. The third-order valence-electron chi connectivity index (χ3n) is 13.5. The number of rotatable bonds is 15. The molecule has 0 atom stereocenters. The molecule has 0 fully saturated rings. The van der Waals surface area contributed by atoms with Gasteiger partial charge in [-0.15, -0.1) is 113 Å². The summed E-state index contributed by atoms with van der Waals surface area (Å²) in [6.45, 7) is 21.3. The van der Waals surface area contributed by atoms with E-state index in [0.29, 0.717) is 49.4 Å². The molecule has 0 aliphatic carbocycles. The van der Waals surface area contributed by atoms with Crippen LogP contribution in [0.5, 0.6) is 0 Å². The Labute approximate surface area is 481 Å². The molecule has 12 aromatic rings. The molecular weight excluding hydrogens is 1140 g/mol. The van der Waals surface area contributed by atoms with Crippen LogP contribution >= 0.6 is 113 Å². The third kappa shape index (κ3) is 9.70. The van der Waals surface area contributed by atoms with Crippen molar-refractivity contribution in [2.45, 2.75) is 94.9 Å². The number of aryl methyl sites for hydroxylation is 2. The maximum atomic E-state index is 16.1. The van der Waals surface area contributed by atoms with Gasteiger partial charge in [0.25, 0.3) is 0 Å². The Morgan fingerprint density at radius 3 is 0.882 bits per heavy atom. The SMILES string of the molecule is Cc1ccc(-c2cc3c(-c4cc(F)c(CC(C)C)s4)c4sc(-c5ccc(-c6cc7c(-c8cc(F)c(CC(C)C)s8)c8sc(C)cc8c(-c8cc(F)c(CC(C)C)s8)c7s6)s5)cc4c(-c4cc(F)c(CC(C)C)s4)c3s2)s1. The molecule has 0 N–H and O–H groups in total. The van der Waals surface area contributed by atoms with E-state index in [9.17, 15) is 0 Å². The van der Waals surface area contributed by atoms with E-state index in [1.54, 1.807) is 138 Å². The summed E-state index contributed by atoms with van der Waals surface area (Å²) in [5.41, 5.74) is 4.18. The Morgan fingerprint density at radius 1 is 0.289 bits per heavy atom. The molecule has 0 saturated carbocycles. The van der Waals surface area contributed by atoms with Crippen LogP contribution in [-0.2, 0) is 25.7 Å². The Bertz CT molecular complexity index is 3950. The number of hydrogen-bond donors (Lipinski definition) is 0. The molecule has 76 heavy (non-hydrogen) atoms. The second-order valence-corrected chi connectivity index (χ2v) is 33.0. The summed E-state index contributed by atoms with van der Waals surface area (Å²) in [4.78, 5) is 15.9. The predicted octanol–water partition coefficient (Wildman–Crippen LogP) is 24.6. The minimum absolute atomic E-state index is 0.155. The smallest absolute Gasteiger partial charge is 0.137 e. The van der Waals surface area contributed by atoms with E-state index >= 15 is 17.6 Å². The minimum atomic E-state index is -0.160. The summed E-state index contributed by atoms with van der Waals surface area (Å²) >= 11 is 16.7. The van der Waals surface area contributed by atoms with E-state index in [0.717, 1.165) is 131 Å². The van der Waals surface area contributed by atoms with Crippen LogP contribution in [0.4, 0.5) is 17.6 Å². The highest BCUT2D eigenvalue weighted by Crippen LogP contribution is 2.58. The second-order valence-electron chi connectivity index (χ2n) is 21.7. The normalized spacial score (nSPS) is 12.5. The molecule has 0 unspecified atom stereocenters. The fourth-order valence-electron chi connectivity index (χ4n) is 10.3. The highest BCUT2D eigenvalue weighted by molar-refractivity contribution is 7.31. The summed E-state index contributed by atoms with van der Waals surface area (Å²) in [6.07, 6.45) is 2.67. The predicted molar refractivity (Wildman–Crippen MR) is 337 cm³/mol. The quantitative estimate of drug-likeness (QED) is 0.0898. The zero-order valence-electron chi connectivity index (χ0n) is 43.7. The van der Waals surface area contributed by atoms with Gasteiger partial charge in [-0.1, -0.05) is 55.4 Å². The van der Waals surface area contributed by atoms with E-state index in [2.05, 4.69) is 118 Å². The summed E-state index contributed by atoms with van der Waals surface area (Å²) in [6, 6.07) is 24.9. The highest BCUT2D eigenvalue weighted by Gasteiger charge is 2.29. The number of benzene rings is 2. The lowest BCUT2D eigenvalue weighted by Crippen LogP contribution is -1.92. The first-order chi connectivity index (χ1) is 36.3. The third-order valence-corrected chi connectivity index (χ3v) is 25.3. The molecule has 2 aromatic carbocycles. The first-order valence-electron chi connectivity index (χ1n) is 25.7. The van der Waals surface area contributed by atoms with Gasteiger partial charge >= 0.3 is 0 Å². The van der Waals surface area contributed by atoms with Crippen molar-refractivity contribution in [2.75, 3.05) is 0 Å². The van der Waals surface area contributed by atoms with E-state index in [1.165, 1.54) is 9.75 Å². The van der Waals surface area contributed by atoms with Crippen LogP contribution < -0.4 is 0 Å². The van der Waals surface area contributed by atoms with Crippen molar-refractivity contribution in [3.05, 3.63) is 125 Å². The first-order valence-corrected chi connectivity index (χ1v) is 33.9. The van der Waals surface area contributed by atoms with Gasteiger partial charge < -0.3 is 0 Å². The topological polar surface area (TPSA) is 0 Å². The summed E-state index contributed by atoms with van der Waals surface area (Å²) in [5.74, 6) is 0.600. The van der Waals surface area contributed by atoms with Crippen LogP contribution in [0.3, 0.4) is 0 Å². The fraction of sp³-hybridized carbons (Fsp3) is 0.290. The lowest BCUT2D eigenvalue weighted by Gasteiger charge is -2.09. The fourth-order valence-corrected chi connectivity index (χ4v) is 22.8. The molecule has 0 bridgehead atoms. The van der Waals surface area contributed by atoms with Crippen molar-refractivity contribution in [1.82, 2.24) is 0 Å². The number of fused-ring (bicyclic) bond motifs is 4. The first kappa shape index (κ1) is 52.9. The summed E-state index contributed by atoms with van der Waals surface area (Å²) < 4.78 is 68.5. The van der Waals surface area contributed by atoms with Gasteiger partial charge in [0.2, 0.25) is 0 Å². The largest absolute Gasteiger partial charge is 0.206 e. The Morgan fingerprint density at radius 2 is 0.579 bits per heavy atom. The van der Waals surface area contributed by atoms with Crippen LogP contribution in [0.25, 0.3) is 111 Å². The molecule has 14 heteroatoms. The maximum Gasteiger partial charge on any atom is 0.137 e. The van der Waals surface area contributed by atoms with Crippen molar-refractivity contribution >= 4 is 154 Å². The molecule has 12 rings (SSSR count). The van der Waals surface area contributed by atoms with Gasteiger partial charge in [0.1, 0.15) is 23.3 Å². The van der Waals surface area contributed by atoms with Gasteiger partial charge in [0, 0.05) is 141 Å². The van der Waals surface area contributed by atoms with Crippen LogP contribution in [0.15, 0.2) is 72.8 Å². The summed E-state index contributed by atoms with van der Waals surface area (Å²) in [5, 5.41) is 4.27. The molecule has 10 heterocycles. The van der Waals surface area contributed by atoms with Crippen molar-refractivity contribution in [3.8, 4) is 71.0 Å². The molecule has 0 amide bonds. The lowest BCUT2D eigenvalue weighted by molar-refractivity contribution is 0.585. The van der Waals surface area contributed by atoms with Crippen LogP contribution in [-0.4, -0.2) is 0 Å². The Balaban J connectivity index is 1.07. The maximum absolute atomic E-state index is 16.1.